The van der Waals surface area contributed by atoms with Crippen molar-refractivity contribution in [1.82, 2.24) is 14.3 Å². The van der Waals surface area contributed by atoms with Crippen LogP contribution < -0.4 is 0 Å². The number of aromatic nitrogens is 2. The molecule has 4 nitrogen and oxygen atoms in total. The van der Waals surface area contributed by atoms with Gasteiger partial charge in [-0.05, 0) is 44.0 Å². The van der Waals surface area contributed by atoms with E-state index in [1.807, 2.05) is 40.8 Å². The minimum atomic E-state index is 0.169. The summed E-state index contributed by atoms with van der Waals surface area (Å²) in [6.07, 6.45) is 6.31. The predicted octanol–water partition coefficient (Wildman–Crippen LogP) is 4.38. The topological polar surface area (TPSA) is 37.6 Å². The van der Waals surface area contributed by atoms with E-state index in [0.29, 0.717) is 13.0 Å². The Morgan fingerprint density at radius 3 is 2.84 bits per heavy atom. The molecular formula is C20H25N3OS. The van der Waals surface area contributed by atoms with E-state index in [0.717, 1.165) is 36.3 Å². The Morgan fingerprint density at radius 2 is 2.12 bits per heavy atom. The Kier molecular flexibility index (Phi) is 5.53. The van der Waals surface area contributed by atoms with Crippen molar-refractivity contribution in [3.63, 3.8) is 0 Å². The van der Waals surface area contributed by atoms with Gasteiger partial charge in [0.2, 0.25) is 5.91 Å². The van der Waals surface area contributed by atoms with E-state index in [1.54, 1.807) is 11.3 Å². The van der Waals surface area contributed by atoms with Gasteiger partial charge in [-0.2, -0.15) is 0 Å². The number of fused-ring (bicyclic) bond motifs is 1. The SMILES string of the molecule is CCCCN(Cc1ccc(C)s1)C(=O)Cc1cnc2c(C)cccn12. The van der Waals surface area contributed by atoms with Crippen molar-refractivity contribution < 1.29 is 4.79 Å². The monoisotopic (exact) mass is 355 g/mol. The summed E-state index contributed by atoms with van der Waals surface area (Å²) in [6.45, 7) is 7.81. The molecular weight excluding hydrogens is 330 g/mol. The number of carbonyl (C=O) groups is 1. The third-order valence-electron chi connectivity index (χ3n) is 4.42. The molecule has 5 heteroatoms. The highest BCUT2D eigenvalue weighted by Crippen LogP contribution is 2.19. The van der Waals surface area contributed by atoms with E-state index in [9.17, 15) is 4.79 Å². The number of unbranched alkanes of at least 4 members (excludes halogenated alkanes) is 1. The van der Waals surface area contributed by atoms with Crippen LogP contribution in [0.15, 0.2) is 36.7 Å². The second-order valence-electron chi connectivity index (χ2n) is 6.49. The molecule has 0 bridgehead atoms. The lowest BCUT2D eigenvalue weighted by molar-refractivity contribution is -0.131. The van der Waals surface area contributed by atoms with Gasteiger partial charge in [0.15, 0.2) is 0 Å². The van der Waals surface area contributed by atoms with Gasteiger partial charge in [0.25, 0.3) is 0 Å². The van der Waals surface area contributed by atoms with Gasteiger partial charge in [-0.1, -0.05) is 19.4 Å². The number of carbonyl (C=O) groups excluding carboxylic acids is 1. The number of hydrogen-bond acceptors (Lipinski definition) is 3. The molecule has 132 valence electrons. The number of imidazole rings is 1. The quantitative estimate of drug-likeness (QED) is 0.630. The maximum Gasteiger partial charge on any atom is 0.228 e. The van der Waals surface area contributed by atoms with Gasteiger partial charge in [0.1, 0.15) is 5.65 Å². The van der Waals surface area contributed by atoms with Gasteiger partial charge >= 0.3 is 0 Å². The Hall–Kier alpha value is -2.14. The van der Waals surface area contributed by atoms with Crippen molar-refractivity contribution in [3.05, 3.63) is 57.7 Å². The van der Waals surface area contributed by atoms with Gasteiger partial charge in [-0.25, -0.2) is 4.98 Å². The maximum atomic E-state index is 12.9. The zero-order valence-electron chi connectivity index (χ0n) is 15.2. The largest absolute Gasteiger partial charge is 0.337 e. The van der Waals surface area contributed by atoms with E-state index in [-0.39, 0.29) is 5.91 Å². The lowest BCUT2D eigenvalue weighted by Crippen LogP contribution is -2.32. The molecule has 0 saturated heterocycles. The Bertz CT molecular complexity index is 865. The third kappa shape index (κ3) is 4.10. The second-order valence-corrected chi connectivity index (χ2v) is 7.86. The summed E-state index contributed by atoms with van der Waals surface area (Å²) in [5.41, 5.74) is 3.00. The van der Waals surface area contributed by atoms with Crippen LogP contribution in [0.2, 0.25) is 0 Å². The summed E-state index contributed by atoms with van der Waals surface area (Å²) >= 11 is 1.77. The molecule has 0 spiro atoms. The molecule has 0 N–H and O–H groups in total. The molecule has 0 saturated carbocycles. The predicted molar refractivity (Wildman–Crippen MR) is 103 cm³/mol. The first-order chi connectivity index (χ1) is 12.1. The average Bonchev–Trinajstić information content (AvgIpc) is 3.19. The molecule has 0 fully saturated rings. The smallest absolute Gasteiger partial charge is 0.228 e. The number of thiophene rings is 1. The van der Waals surface area contributed by atoms with Crippen LogP contribution in [-0.2, 0) is 17.8 Å². The van der Waals surface area contributed by atoms with E-state index in [4.69, 9.17) is 0 Å². The van der Waals surface area contributed by atoms with Crippen molar-refractivity contribution in [1.29, 1.82) is 0 Å². The van der Waals surface area contributed by atoms with E-state index < -0.39 is 0 Å². The lowest BCUT2D eigenvalue weighted by Gasteiger charge is -2.22. The molecule has 0 aliphatic carbocycles. The normalized spacial score (nSPS) is 11.2. The number of nitrogens with zero attached hydrogens (tertiary/aromatic N) is 3. The van der Waals surface area contributed by atoms with Gasteiger partial charge < -0.3 is 9.30 Å². The third-order valence-corrected chi connectivity index (χ3v) is 5.40. The molecule has 3 heterocycles. The fraction of sp³-hybridized carbons (Fsp3) is 0.400. The molecule has 0 unspecified atom stereocenters. The first kappa shape index (κ1) is 17.7. The zero-order chi connectivity index (χ0) is 17.8. The van der Waals surface area contributed by atoms with Crippen LogP contribution in [0.25, 0.3) is 5.65 Å². The van der Waals surface area contributed by atoms with Crippen LogP contribution in [0.1, 0.15) is 40.8 Å². The fourth-order valence-electron chi connectivity index (χ4n) is 3.00. The summed E-state index contributed by atoms with van der Waals surface area (Å²) in [7, 11) is 0. The highest BCUT2D eigenvalue weighted by atomic mass is 32.1. The van der Waals surface area contributed by atoms with E-state index in [2.05, 4.69) is 31.0 Å². The molecule has 3 aromatic rings. The molecule has 3 aromatic heterocycles. The fourth-order valence-corrected chi connectivity index (χ4v) is 3.91. The first-order valence-electron chi connectivity index (χ1n) is 8.83. The minimum absolute atomic E-state index is 0.169. The van der Waals surface area contributed by atoms with E-state index in [1.165, 1.54) is 9.75 Å². The Morgan fingerprint density at radius 1 is 1.28 bits per heavy atom. The maximum absolute atomic E-state index is 12.9. The highest BCUT2D eigenvalue weighted by molar-refractivity contribution is 7.11. The summed E-state index contributed by atoms with van der Waals surface area (Å²) in [5, 5.41) is 0. The number of rotatable bonds is 7. The zero-order valence-corrected chi connectivity index (χ0v) is 16.0. The highest BCUT2D eigenvalue weighted by Gasteiger charge is 2.17. The second kappa shape index (κ2) is 7.83. The summed E-state index contributed by atoms with van der Waals surface area (Å²) < 4.78 is 2.03. The van der Waals surface area contributed by atoms with Gasteiger partial charge in [-0.3, -0.25) is 4.79 Å². The lowest BCUT2D eigenvalue weighted by atomic mass is 10.2. The molecule has 0 aliphatic rings. The number of aryl methyl sites for hydroxylation is 2. The van der Waals surface area contributed by atoms with Crippen LogP contribution in [0.3, 0.4) is 0 Å². The first-order valence-corrected chi connectivity index (χ1v) is 9.64. The van der Waals surface area contributed by atoms with Crippen LogP contribution in [0, 0.1) is 13.8 Å². The van der Waals surface area contributed by atoms with Crippen molar-refractivity contribution >= 4 is 22.9 Å². The van der Waals surface area contributed by atoms with Crippen molar-refractivity contribution in [3.8, 4) is 0 Å². The molecule has 1 amide bonds. The van der Waals surface area contributed by atoms with Crippen LogP contribution in [0.5, 0.6) is 0 Å². The van der Waals surface area contributed by atoms with Crippen LogP contribution in [0.4, 0.5) is 0 Å². The van der Waals surface area contributed by atoms with Crippen LogP contribution in [-0.4, -0.2) is 26.7 Å². The number of hydrogen-bond donors (Lipinski definition) is 0. The van der Waals surface area contributed by atoms with Gasteiger partial charge in [-0.15, -0.1) is 11.3 Å². The van der Waals surface area contributed by atoms with Gasteiger partial charge in [0.05, 0.1) is 18.7 Å². The van der Waals surface area contributed by atoms with Gasteiger partial charge in [0, 0.05) is 28.7 Å². The molecule has 0 atom stereocenters. The standard InChI is InChI=1S/C20H25N3OS/c1-4-5-10-22(14-18-9-8-16(3)25-18)19(24)12-17-13-21-20-15(2)7-6-11-23(17)20/h6-9,11,13H,4-5,10,12,14H2,1-3H3. The molecule has 25 heavy (non-hydrogen) atoms. The minimum Gasteiger partial charge on any atom is -0.337 e. The molecule has 3 rings (SSSR count). The van der Waals surface area contributed by atoms with Crippen molar-refractivity contribution in [2.75, 3.05) is 6.54 Å². The number of amides is 1. The molecule has 0 aromatic carbocycles. The summed E-state index contributed by atoms with van der Waals surface area (Å²) in [4.78, 5) is 21.9. The Balaban J connectivity index is 1.77. The average molecular weight is 356 g/mol. The molecule has 0 aliphatic heterocycles. The molecule has 0 radical (unpaired) electrons. The van der Waals surface area contributed by atoms with Crippen LogP contribution >= 0.6 is 11.3 Å². The Labute approximate surface area is 153 Å². The van der Waals surface area contributed by atoms with E-state index >= 15 is 0 Å². The van der Waals surface area contributed by atoms with Crippen molar-refractivity contribution in [2.24, 2.45) is 0 Å². The summed E-state index contributed by atoms with van der Waals surface area (Å²) in [6, 6.07) is 8.29. The number of pyridine rings is 1. The van der Waals surface area contributed by atoms with Crippen molar-refractivity contribution in [2.45, 2.75) is 46.6 Å². The summed E-state index contributed by atoms with van der Waals surface area (Å²) in [5.74, 6) is 0.169.